The van der Waals surface area contributed by atoms with E-state index in [-0.39, 0.29) is 18.6 Å². The number of benzene rings is 2. The van der Waals surface area contributed by atoms with Crippen molar-refractivity contribution in [1.82, 2.24) is 4.90 Å². The zero-order valence-corrected chi connectivity index (χ0v) is 15.3. The number of carboxylic acids is 1. The molecular weight excluding hydrogens is 326 g/mol. The first-order valence-electron chi connectivity index (χ1n) is 9.33. The predicted molar refractivity (Wildman–Crippen MR) is 102 cm³/mol. The van der Waals surface area contributed by atoms with E-state index in [1.54, 1.807) is 0 Å². The summed E-state index contributed by atoms with van der Waals surface area (Å²) in [6.45, 7) is 4.51. The summed E-state index contributed by atoms with van der Waals surface area (Å²) in [5.74, 6) is -0.730. The molecule has 1 saturated heterocycles. The highest BCUT2D eigenvalue weighted by Crippen LogP contribution is 2.30. The van der Waals surface area contributed by atoms with Gasteiger partial charge in [-0.05, 0) is 30.9 Å². The number of aryl methyl sites for hydroxylation is 1. The lowest BCUT2D eigenvalue weighted by molar-refractivity contribution is -0.137. The molecule has 1 heterocycles. The highest BCUT2D eigenvalue weighted by molar-refractivity contribution is 5.66. The van der Waals surface area contributed by atoms with Crippen molar-refractivity contribution in [3.05, 3.63) is 71.3 Å². The fourth-order valence-electron chi connectivity index (χ4n) is 3.43. The number of carboxylic acid groups (broad SMARTS) is 1. The van der Waals surface area contributed by atoms with Crippen molar-refractivity contribution in [3.63, 3.8) is 0 Å². The van der Waals surface area contributed by atoms with Gasteiger partial charge in [0.25, 0.3) is 0 Å². The summed E-state index contributed by atoms with van der Waals surface area (Å²) >= 11 is 0. The number of nitrogens with zero attached hydrogens (tertiary/aromatic N) is 1. The molecule has 2 aromatic carbocycles. The van der Waals surface area contributed by atoms with E-state index in [1.807, 2.05) is 18.2 Å². The molecule has 4 nitrogen and oxygen atoms in total. The number of aliphatic carboxylic acids is 1. The Bertz CT molecular complexity index is 691. The van der Waals surface area contributed by atoms with Gasteiger partial charge in [-0.3, -0.25) is 4.79 Å². The third kappa shape index (κ3) is 5.16. The molecule has 1 aliphatic heterocycles. The van der Waals surface area contributed by atoms with Crippen LogP contribution in [0.1, 0.15) is 42.1 Å². The van der Waals surface area contributed by atoms with Crippen molar-refractivity contribution in [2.75, 3.05) is 19.6 Å². The van der Waals surface area contributed by atoms with Gasteiger partial charge in [0, 0.05) is 19.6 Å². The third-order valence-corrected chi connectivity index (χ3v) is 4.99. The van der Waals surface area contributed by atoms with Crippen molar-refractivity contribution in [3.8, 4) is 0 Å². The van der Waals surface area contributed by atoms with Crippen molar-refractivity contribution < 1.29 is 14.6 Å². The van der Waals surface area contributed by atoms with E-state index in [0.29, 0.717) is 6.54 Å². The van der Waals surface area contributed by atoms with Crippen LogP contribution in [0.4, 0.5) is 0 Å². The number of ether oxygens (including phenoxy) is 1. The first-order chi connectivity index (χ1) is 12.6. The quantitative estimate of drug-likeness (QED) is 0.816. The molecule has 3 rings (SSSR count). The first-order valence-corrected chi connectivity index (χ1v) is 9.33. The standard InChI is InChI=1S/C22H27NO3/c1-17-7-9-19(10-8-17)22(18-5-3-2-4-6-18)26-20-11-14-23(15-12-20)16-13-21(24)25/h2-10,20,22H,11-16H2,1H3,(H,24,25). The second kappa shape index (κ2) is 8.97. The molecular formula is C22H27NO3. The molecule has 0 aliphatic carbocycles. The van der Waals surface area contributed by atoms with Gasteiger partial charge in [-0.15, -0.1) is 0 Å². The Kier molecular flexibility index (Phi) is 6.42. The van der Waals surface area contributed by atoms with Gasteiger partial charge in [-0.25, -0.2) is 0 Å². The summed E-state index contributed by atoms with van der Waals surface area (Å²) < 4.78 is 6.53. The highest BCUT2D eigenvalue weighted by atomic mass is 16.5. The molecule has 0 spiro atoms. The summed E-state index contributed by atoms with van der Waals surface area (Å²) in [6.07, 6.45) is 2.22. The van der Waals surface area contributed by atoms with E-state index in [9.17, 15) is 4.79 Å². The summed E-state index contributed by atoms with van der Waals surface area (Å²) in [4.78, 5) is 13.0. The topological polar surface area (TPSA) is 49.8 Å². The van der Waals surface area contributed by atoms with Crippen LogP contribution in [-0.2, 0) is 9.53 Å². The molecule has 1 aliphatic rings. The summed E-state index contributed by atoms with van der Waals surface area (Å²) in [6, 6.07) is 18.9. The van der Waals surface area contributed by atoms with E-state index < -0.39 is 5.97 Å². The molecule has 1 fully saturated rings. The number of hydrogen-bond donors (Lipinski definition) is 1. The molecule has 0 radical (unpaired) electrons. The van der Waals surface area contributed by atoms with E-state index in [2.05, 4.69) is 48.2 Å². The zero-order chi connectivity index (χ0) is 18.4. The van der Waals surface area contributed by atoms with Gasteiger partial charge in [0.1, 0.15) is 6.10 Å². The van der Waals surface area contributed by atoms with Crippen LogP contribution in [-0.4, -0.2) is 41.7 Å². The van der Waals surface area contributed by atoms with E-state index in [0.717, 1.165) is 25.9 Å². The average molecular weight is 353 g/mol. The maximum Gasteiger partial charge on any atom is 0.304 e. The van der Waals surface area contributed by atoms with E-state index in [1.165, 1.54) is 16.7 Å². The Morgan fingerprint density at radius 1 is 1.08 bits per heavy atom. The minimum atomic E-state index is -0.730. The Morgan fingerprint density at radius 3 is 2.31 bits per heavy atom. The summed E-state index contributed by atoms with van der Waals surface area (Å²) in [7, 11) is 0. The van der Waals surface area contributed by atoms with Crippen LogP contribution in [0.15, 0.2) is 54.6 Å². The zero-order valence-electron chi connectivity index (χ0n) is 15.3. The van der Waals surface area contributed by atoms with Crippen LogP contribution in [0.25, 0.3) is 0 Å². The molecule has 138 valence electrons. The molecule has 1 N–H and O–H groups in total. The first kappa shape index (κ1) is 18.6. The lowest BCUT2D eigenvalue weighted by Gasteiger charge is -2.34. The SMILES string of the molecule is Cc1ccc(C(OC2CCN(CCC(=O)O)CC2)c2ccccc2)cc1. The van der Waals surface area contributed by atoms with Crippen LogP contribution in [0, 0.1) is 6.92 Å². The van der Waals surface area contributed by atoms with Gasteiger partial charge in [-0.2, -0.15) is 0 Å². The molecule has 0 saturated carbocycles. The Balaban J connectivity index is 1.65. The summed E-state index contributed by atoms with van der Waals surface area (Å²) in [5.41, 5.74) is 3.59. The van der Waals surface area contributed by atoms with Gasteiger partial charge in [0.2, 0.25) is 0 Å². The molecule has 0 bridgehead atoms. The second-order valence-corrected chi connectivity index (χ2v) is 7.02. The number of piperidine rings is 1. The predicted octanol–water partition coefficient (Wildman–Crippen LogP) is 4.04. The number of rotatable bonds is 7. The molecule has 1 atom stereocenters. The molecule has 0 amide bonds. The van der Waals surface area contributed by atoms with Crippen molar-refractivity contribution in [2.45, 2.75) is 38.4 Å². The van der Waals surface area contributed by atoms with Crippen LogP contribution in [0.2, 0.25) is 0 Å². The Labute approximate surface area is 155 Å². The number of hydrogen-bond acceptors (Lipinski definition) is 3. The molecule has 0 aromatic heterocycles. The fraction of sp³-hybridized carbons (Fsp3) is 0.409. The minimum Gasteiger partial charge on any atom is -0.481 e. The van der Waals surface area contributed by atoms with Gasteiger partial charge >= 0.3 is 5.97 Å². The second-order valence-electron chi connectivity index (χ2n) is 7.02. The third-order valence-electron chi connectivity index (χ3n) is 4.99. The lowest BCUT2D eigenvalue weighted by atomic mass is 9.99. The number of carbonyl (C=O) groups is 1. The normalized spacial score (nSPS) is 17.1. The monoisotopic (exact) mass is 353 g/mol. The van der Waals surface area contributed by atoms with Gasteiger partial charge in [0.15, 0.2) is 0 Å². The lowest BCUT2D eigenvalue weighted by Crippen LogP contribution is -2.38. The molecule has 4 heteroatoms. The van der Waals surface area contributed by atoms with Gasteiger partial charge in [-0.1, -0.05) is 60.2 Å². The smallest absolute Gasteiger partial charge is 0.304 e. The van der Waals surface area contributed by atoms with E-state index in [4.69, 9.17) is 9.84 Å². The van der Waals surface area contributed by atoms with Crippen molar-refractivity contribution >= 4 is 5.97 Å². The highest BCUT2D eigenvalue weighted by Gasteiger charge is 2.24. The Morgan fingerprint density at radius 2 is 1.69 bits per heavy atom. The van der Waals surface area contributed by atoms with Gasteiger partial charge < -0.3 is 14.7 Å². The average Bonchev–Trinajstić information content (AvgIpc) is 2.67. The summed E-state index contributed by atoms with van der Waals surface area (Å²) in [5, 5.41) is 8.84. The van der Waals surface area contributed by atoms with Crippen LogP contribution >= 0.6 is 0 Å². The largest absolute Gasteiger partial charge is 0.481 e. The molecule has 2 aromatic rings. The molecule has 26 heavy (non-hydrogen) atoms. The van der Waals surface area contributed by atoms with Gasteiger partial charge in [0.05, 0.1) is 12.5 Å². The van der Waals surface area contributed by atoms with Crippen molar-refractivity contribution in [1.29, 1.82) is 0 Å². The maximum absolute atomic E-state index is 10.7. The van der Waals surface area contributed by atoms with E-state index >= 15 is 0 Å². The van der Waals surface area contributed by atoms with Crippen LogP contribution in [0.3, 0.4) is 0 Å². The van der Waals surface area contributed by atoms with Crippen molar-refractivity contribution in [2.24, 2.45) is 0 Å². The molecule has 1 unspecified atom stereocenters. The maximum atomic E-state index is 10.7. The van der Waals surface area contributed by atoms with Crippen LogP contribution < -0.4 is 0 Å². The fourth-order valence-corrected chi connectivity index (χ4v) is 3.43. The number of likely N-dealkylation sites (tertiary alicyclic amines) is 1. The minimum absolute atomic E-state index is 0.0626. The Hall–Kier alpha value is -2.17. The van der Waals surface area contributed by atoms with Crippen LogP contribution in [0.5, 0.6) is 0 Å².